The molecule has 6 nitrogen and oxygen atoms in total. The van der Waals surface area contributed by atoms with Gasteiger partial charge in [0.15, 0.2) is 5.76 Å². The number of benzene rings is 1. The van der Waals surface area contributed by atoms with Gasteiger partial charge in [0.05, 0.1) is 0 Å². The fourth-order valence-corrected chi connectivity index (χ4v) is 4.59. The normalized spacial score (nSPS) is 13.4. The van der Waals surface area contributed by atoms with Crippen LogP contribution in [0.25, 0.3) is 0 Å². The van der Waals surface area contributed by atoms with Crippen LogP contribution in [0.2, 0.25) is 5.02 Å². The molecule has 0 aliphatic rings. The smallest absolute Gasteiger partial charge is 0.246 e. The number of rotatable bonds is 8. The summed E-state index contributed by atoms with van der Waals surface area (Å²) < 4.78 is 33.1. The van der Waals surface area contributed by atoms with Gasteiger partial charge >= 0.3 is 0 Å². The van der Waals surface area contributed by atoms with Crippen molar-refractivity contribution in [2.75, 3.05) is 19.6 Å². The van der Waals surface area contributed by atoms with Crippen LogP contribution < -0.4 is 4.72 Å². The van der Waals surface area contributed by atoms with Crippen molar-refractivity contribution in [3.05, 3.63) is 46.3 Å². The molecule has 138 valence electrons. The second-order valence-corrected chi connectivity index (χ2v) is 7.87. The van der Waals surface area contributed by atoms with Crippen molar-refractivity contribution in [2.45, 2.75) is 38.6 Å². The first kappa shape index (κ1) is 19.9. The van der Waals surface area contributed by atoms with Gasteiger partial charge in [-0.25, -0.2) is 13.1 Å². The van der Waals surface area contributed by atoms with E-state index >= 15 is 0 Å². The van der Waals surface area contributed by atoms with Crippen LogP contribution in [0.1, 0.15) is 36.9 Å². The lowest BCUT2D eigenvalue weighted by Gasteiger charge is -2.30. The van der Waals surface area contributed by atoms with Gasteiger partial charge < -0.3 is 4.52 Å². The van der Waals surface area contributed by atoms with Crippen molar-refractivity contribution >= 4 is 21.6 Å². The lowest BCUT2D eigenvalue weighted by atomic mass is 10.1. The van der Waals surface area contributed by atoms with Crippen LogP contribution in [-0.4, -0.2) is 38.1 Å². The van der Waals surface area contributed by atoms with Gasteiger partial charge in [0.2, 0.25) is 10.0 Å². The quantitative estimate of drug-likeness (QED) is 0.754. The Morgan fingerprint density at radius 2 is 1.88 bits per heavy atom. The van der Waals surface area contributed by atoms with E-state index in [1.54, 1.807) is 13.8 Å². The molecule has 2 aromatic rings. The third kappa shape index (κ3) is 4.41. The van der Waals surface area contributed by atoms with Crippen molar-refractivity contribution in [3.8, 4) is 0 Å². The maximum atomic E-state index is 12.7. The zero-order chi connectivity index (χ0) is 18.6. The Kier molecular flexibility index (Phi) is 6.62. The zero-order valence-corrected chi connectivity index (χ0v) is 16.5. The molecule has 1 aromatic heterocycles. The molecule has 0 fully saturated rings. The Morgan fingerprint density at radius 3 is 2.40 bits per heavy atom. The fraction of sp³-hybridized carbons (Fsp3) is 0.471. The molecule has 1 N–H and O–H groups in total. The van der Waals surface area contributed by atoms with Gasteiger partial charge in [-0.2, -0.15) is 0 Å². The maximum Gasteiger partial charge on any atom is 0.246 e. The van der Waals surface area contributed by atoms with E-state index in [0.29, 0.717) is 10.7 Å². The van der Waals surface area contributed by atoms with Crippen LogP contribution in [0.15, 0.2) is 33.7 Å². The number of halogens is 1. The fourth-order valence-electron chi connectivity index (χ4n) is 2.96. The second-order valence-electron chi connectivity index (χ2n) is 5.76. The highest BCUT2D eigenvalue weighted by Gasteiger charge is 2.27. The first-order valence-corrected chi connectivity index (χ1v) is 10.1. The lowest BCUT2D eigenvalue weighted by Crippen LogP contribution is -2.38. The zero-order valence-electron chi connectivity index (χ0n) is 14.9. The van der Waals surface area contributed by atoms with E-state index in [4.69, 9.17) is 16.1 Å². The van der Waals surface area contributed by atoms with Crippen LogP contribution in [0.4, 0.5) is 0 Å². The van der Waals surface area contributed by atoms with E-state index < -0.39 is 10.0 Å². The molecular formula is C17H24ClN3O3S. The molecule has 0 radical (unpaired) electrons. The first-order valence-electron chi connectivity index (χ1n) is 8.22. The molecule has 0 aliphatic heterocycles. The van der Waals surface area contributed by atoms with Crippen molar-refractivity contribution in [1.82, 2.24) is 14.8 Å². The van der Waals surface area contributed by atoms with Crippen LogP contribution in [0.5, 0.6) is 0 Å². The molecule has 1 atom stereocenters. The summed E-state index contributed by atoms with van der Waals surface area (Å²) in [4.78, 5) is 2.27. The highest BCUT2D eigenvalue weighted by molar-refractivity contribution is 7.89. The molecule has 2 rings (SSSR count). The number of hydrogen-bond donors (Lipinski definition) is 1. The van der Waals surface area contributed by atoms with Crippen LogP contribution in [0.3, 0.4) is 0 Å². The number of nitrogens with one attached hydrogen (secondary N) is 1. The minimum Gasteiger partial charge on any atom is -0.360 e. The Labute approximate surface area is 154 Å². The second kappa shape index (κ2) is 8.31. The summed E-state index contributed by atoms with van der Waals surface area (Å²) >= 11 is 6.35. The number of likely N-dealkylation sites (N-methyl/N-ethyl adjacent to an activating group) is 1. The van der Waals surface area contributed by atoms with Crippen LogP contribution in [0, 0.1) is 13.8 Å². The summed E-state index contributed by atoms with van der Waals surface area (Å²) in [5.74, 6) is 0.280. The molecule has 0 spiro atoms. The van der Waals surface area contributed by atoms with E-state index in [2.05, 4.69) is 14.8 Å². The average Bonchev–Trinajstić information content (AvgIpc) is 2.92. The Balaban J connectivity index is 2.31. The molecule has 1 heterocycles. The molecular weight excluding hydrogens is 362 g/mol. The molecule has 0 saturated carbocycles. The van der Waals surface area contributed by atoms with Gasteiger partial charge in [-0.05, 0) is 38.6 Å². The number of sulfonamides is 1. The minimum atomic E-state index is -3.72. The highest BCUT2D eigenvalue weighted by atomic mass is 35.5. The lowest BCUT2D eigenvalue weighted by molar-refractivity contribution is 0.220. The molecule has 0 aliphatic carbocycles. The maximum absolute atomic E-state index is 12.7. The van der Waals surface area contributed by atoms with Crippen LogP contribution >= 0.6 is 11.6 Å². The van der Waals surface area contributed by atoms with Gasteiger partial charge in [-0.15, -0.1) is 0 Å². The standard InChI is InChI=1S/C17H24ClN3O3S/c1-5-21(6-2)16(14-9-7-8-10-15(14)18)11-19-25(22,23)17-12(3)20-24-13(17)4/h7-10,16,19H,5-6,11H2,1-4H3/t16-/m1/s1. The molecule has 0 bridgehead atoms. The number of aromatic nitrogens is 1. The van der Waals surface area contributed by atoms with Crippen molar-refractivity contribution in [2.24, 2.45) is 0 Å². The summed E-state index contributed by atoms with van der Waals surface area (Å²) in [5, 5.41) is 4.34. The van der Waals surface area contributed by atoms with E-state index in [0.717, 1.165) is 18.7 Å². The van der Waals surface area contributed by atoms with E-state index in [1.807, 2.05) is 38.1 Å². The van der Waals surface area contributed by atoms with Gasteiger partial charge in [-0.1, -0.05) is 48.8 Å². The summed E-state index contributed by atoms with van der Waals surface area (Å²) in [6.45, 7) is 9.04. The topological polar surface area (TPSA) is 75.4 Å². The summed E-state index contributed by atoms with van der Waals surface area (Å²) in [7, 11) is -3.72. The Hall–Kier alpha value is -1.41. The van der Waals surface area contributed by atoms with E-state index in [1.165, 1.54) is 0 Å². The number of nitrogens with zero attached hydrogens (tertiary/aromatic N) is 2. The van der Waals surface area contributed by atoms with Crippen LogP contribution in [-0.2, 0) is 10.0 Å². The Bertz CT molecular complexity index is 797. The molecule has 8 heteroatoms. The van der Waals surface area contributed by atoms with Crippen molar-refractivity contribution < 1.29 is 12.9 Å². The van der Waals surface area contributed by atoms with Crippen molar-refractivity contribution in [1.29, 1.82) is 0 Å². The van der Waals surface area contributed by atoms with Crippen molar-refractivity contribution in [3.63, 3.8) is 0 Å². The highest BCUT2D eigenvalue weighted by Crippen LogP contribution is 2.28. The number of aryl methyl sites for hydroxylation is 2. The molecule has 1 aromatic carbocycles. The minimum absolute atomic E-state index is 0.102. The molecule has 0 amide bonds. The molecule has 0 unspecified atom stereocenters. The largest absolute Gasteiger partial charge is 0.360 e. The average molecular weight is 386 g/mol. The third-order valence-corrected chi connectivity index (χ3v) is 6.23. The molecule has 25 heavy (non-hydrogen) atoms. The predicted octanol–water partition coefficient (Wildman–Crippen LogP) is 3.31. The third-order valence-electron chi connectivity index (χ3n) is 4.22. The Morgan fingerprint density at radius 1 is 1.24 bits per heavy atom. The predicted molar refractivity (Wildman–Crippen MR) is 98.3 cm³/mol. The molecule has 0 saturated heterocycles. The van der Waals surface area contributed by atoms with Gasteiger partial charge in [0.25, 0.3) is 0 Å². The van der Waals surface area contributed by atoms with E-state index in [-0.39, 0.29) is 23.2 Å². The summed E-state index contributed by atoms with van der Waals surface area (Å²) in [6, 6.07) is 7.34. The van der Waals surface area contributed by atoms with E-state index in [9.17, 15) is 8.42 Å². The first-order chi connectivity index (χ1) is 11.8. The van der Waals surface area contributed by atoms with Gasteiger partial charge in [-0.3, -0.25) is 4.90 Å². The monoisotopic (exact) mass is 385 g/mol. The summed E-state index contributed by atoms with van der Waals surface area (Å²) in [5.41, 5.74) is 1.25. The number of hydrogen-bond acceptors (Lipinski definition) is 5. The van der Waals surface area contributed by atoms with Gasteiger partial charge in [0.1, 0.15) is 10.6 Å². The summed E-state index contributed by atoms with van der Waals surface area (Å²) in [6.07, 6.45) is 0. The SMILES string of the molecule is CCN(CC)[C@H](CNS(=O)(=O)c1c(C)noc1C)c1ccccc1Cl. The van der Waals surface area contributed by atoms with Gasteiger partial charge in [0, 0.05) is 17.6 Å².